The summed E-state index contributed by atoms with van der Waals surface area (Å²) in [6.45, 7) is 6.33. The van der Waals surface area contributed by atoms with Gasteiger partial charge in [-0.25, -0.2) is 4.79 Å². The summed E-state index contributed by atoms with van der Waals surface area (Å²) < 4.78 is 7.13. The lowest BCUT2D eigenvalue weighted by Gasteiger charge is -2.12. The van der Waals surface area contributed by atoms with Crippen molar-refractivity contribution in [3.63, 3.8) is 0 Å². The lowest BCUT2D eigenvalue weighted by molar-refractivity contribution is 0.0600. The summed E-state index contributed by atoms with van der Waals surface area (Å²) in [5.74, 6) is 0.219. The molecule has 2 rings (SSSR count). The molecule has 1 heterocycles. The van der Waals surface area contributed by atoms with Gasteiger partial charge in [-0.15, -0.1) is 0 Å². The van der Waals surface area contributed by atoms with Crippen LogP contribution in [0.2, 0.25) is 0 Å². The molecule has 1 aromatic rings. The average Bonchev–Trinajstić information content (AvgIpc) is 3.01. The molecule has 1 fully saturated rings. The summed E-state index contributed by atoms with van der Waals surface area (Å²) in [6, 6.07) is 2.60. The van der Waals surface area contributed by atoms with E-state index in [2.05, 4.69) is 18.4 Å². The summed E-state index contributed by atoms with van der Waals surface area (Å²) in [4.78, 5) is 11.6. The van der Waals surface area contributed by atoms with Gasteiger partial charge in [0.15, 0.2) is 0 Å². The Bertz CT molecular complexity index is 414. The Balaban J connectivity index is 2.48. The van der Waals surface area contributed by atoms with E-state index in [1.165, 1.54) is 25.6 Å². The van der Waals surface area contributed by atoms with Crippen molar-refractivity contribution in [3.8, 4) is 0 Å². The molecule has 1 aliphatic carbocycles. The van der Waals surface area contributed by atoms with Crippen LogP contribution in [0.3, 0.4) is 0 Å². The molecule has 0 spiro atoms. The van der Waals surface area contributed by atoms with E-state index < -0.39 is 0 Å². The van der Waals surface area contributed by atoms with E-state index in [0.717, 1.165) is 11.3 Å². The molecule has 88 valence electrons. The van der Waals surface area contributed by atoms with Crippen molar-refractivity contribution in [3.05, 3.63) is 23.0 Å². The first kappa shape index (κ1) is 11.2. The Labute approximate surface area is 96.4 Å². The van der Waals surface area contributed by atoms with Crippen LogP contribution in [0, 0.1) is 6.92 Å². The van der Waals surface area contributed by atoms with Gasteiger partial charge in [0.25, 0.3) is 0 Å². The average molecular weight is 221 g/mol. The Hall–Kier alpha value is -1.25. The number of nitrogens with zero attached hydrogens (tertiary/aromatic N) is 1. The van der Waals surface area contributed by atoms with Crippen LogP contribution < -0.4 is 0 Å². The predicted octanol–water partition coefficient (Wildman–Crippen LogP) is 3.04. The van der Waals surface area contributed by atoms with Gasteiger partial charge in [-0.1, -0.05) is 13.8 Å². The number of hydrogen-bond acceptors (Lipinski definition) is 2. The molecule has 0 radical (unpaired) electrons. The largest absolute Gasteiger partial charge is 0.465 e. The first-order chi connectivity index (χ1) is 7.56. The highest BCUT2D eigenvalue weighted by Crippen LogP contribution is 2.40. The maximum Gasteiger partial charge on any atom is 0.339 e. The molecule has 16 heavy (non-hydrogen) atoms. The van der Waals surface area contributed by atoms with Gasteiger partial charge in [0.05, 0.1) is 12.7 Å². The zero-order valence-electron chi connectivity index (χ0n) is 10.4. The fourth-order valence-electron chi connectivity index (χ4n) is 2.22. The highest BCUT2D eigenvalue weighted by atomic mass is 16.5. The maximum atomic E-state index is 11.6. The SMILES string of the molecule is COC(=O)c1cc(C(C)C)n(C2CC2)c1C. The second-order valence-corrected chi connectivity index (χ2v) is 4.82. The van der Waals surface area contributed by atoms with E-state index in [4.69, 9.17) is 4.74 Å². The molecule has 3 nitrogen and oxygen atoms in total. The van der Waals surface area contributed by atoms with Crippen molar-refractivity contribution < 1.29 is 9.53 Å². The smallest absolute Gasteiger partial charge is 0.339 e. The van der Waals surface area contributed by atoms with E-state index in [0.29, 0.717) is 12.0 Å². The number of methoxy groups -OCH3 is 1. The van der Waals surface area contributed by atoms with Gasteiger partial charge in [0.1, 0.15) is 0 Å². The van der Waals surface area contributed by atoms with Crippen LogP contribution in [0.5, 0.6) is 0 Å². The van der Waals surface area contributed by atoms with Crippen LogP contribution >= 0.6 is 0 Å². The number of esters is 1. The number of ether oxygens (including phenoxy) is 1. The van der Waals surface area contributed by atoms with Crippen molar-refractivity contribution in [1.29, 1.82) is 0 Å². The molecule has 1 saturated carbocycles. The Morgan fingerprint density at radius 1 is 1.50 bits per heavy atom. The molecule has 3 heteroatoms. The normalized spacial score (nSPS) is 15.6. The number of carbonyl (C=O) groups is 1. The van der Waals surface area contributed by atoms with Gasteiger partial charge in [0.2, 0.25) is 0 Å². The highest BCUT2D eigenvalue weighted by molar-refractivity contribution is 5.91. The summed E-state index contributed by atoms with van der Waals surface area (Å²) >= 11 is 0. The van der Waals surface area contributed by atoms with Crippen LogP contribution in [0.1, 0.15) is 60.4 Å². The minimum atomic E-state index is -0.223. The van der Waals surface area contributed by atoms with Crippen LogP contribution in [0.15, 0.2) is 6.07 Å². The first-order valence-electron chi connectivity index (χ1n) is 5.86. The van der Waals surface area contributed by atoms with Crippen LogP contribution in [-0.4, -0.2) is 17.6 Å². The summed E-state index contributed by atoms with van der Waals surface area (Å²) in [6.07, 6.45) is 2.46. The number of hydrogen-bond donors (Lipinski definition) is 0. The molecule has 0 bridgehead atoms. The van der Waals surface area contributed by atoms with Gasteiger partial charge in [0, 0.05) is 17.4 Å². The van der Waals surface area contributed by atoms with Crippen molar-refractivity contribution in [1.82, 2.24) is 4.57 Å². The van der Waals surface area contributed by atoms with Crippen molar-refractivity contribution >= 4 is 5.97 Å². The predicted molar refractivity (Wildman–Crippen MR) is 62.9 cm³/mol. The minimum Gasteiger partial charge on any atom is -0.465 e. The number of carbonyl (C=O) groups excluding carboxylic acids is 1. The van der Waals surface area contributed by atoms with Crippen LogP contribution in [-0.2, 0) is 4.74 Å². The van der Waals surface area contributed by atoms with Crippen LogP contribution in [0.4, 0.5) is 0 Å². The van der Waals surface area contributed by atoms with Gasteiger partial charge in [-0.05, 0) is 31.7 Å². The molecule has 0 aliphatic heterocycles. The van der Waals surface area contributed by atoms with Gasteiger partial charge in [-0.3, -0.25) is 0 Å². The topological polar surface area (TPSA) is 31.2 Å². The quantitative estimate of drug-likeness (QED) is 0.735. The standard InChI is InChI=1S/C13H19NO2/c1-8(2)12-7-11(13(15)16-4)9(3)14(12)10-5-6-10/h7-8,10H,5-6H2,1-4H3. The van der Waals surface area contributed by atoms with Crippen molar-refractivity contribution in [2.45, 2.75) is 45.6 Å². The third-order valence-corrected chi connectivity index (χ3v) is 3.23. The highest BCUT2D eigenvalue weighted by Gasteiger charge is 2.30. The Morgan fingerprint density at radius 3 is 2.56 bits per heavy atom. The maximum absolute atomic E-state index is 11.6. The molecular weight excluding hydrogens is 202 g/mol. The molecule has 0 atom stereocenters. The Morgan fingerprint density at radius 2 is 2.12 bits per heavy atom. The minimum absolute atomic E-state index is 0.223. The number of rotatable bonds is 3. The zero-order valence-corrected chi connectivity index (χ0v) is 10.4. The Kier molecular flexibility index (Phi) is 2.78. The van der Waals surface area contributed by atoms with Gasteiger partial charge in [-0.2, -0.15) is 0 Å². The van der Waals surface area contributed by atoms with E-state index >= 15 is 0 Å². The van der Waals surface area contributed by atoms with Crippen LogP contribution in [0.25, 0.3) is 0 Å². The van der Waals surface area contributed by atoms with E-state index in [9.17, 15) is 4.79 Å². The van der Waals surface area contributed by atoms with E-state index in [1.807, 2.05) is 13.0 Å². The third kappa shape index (κ3) is 1.75. The van der Waals surface area contributed by atoms with Gasteiger partial charge < -0.3 is 9.30 Å². The van der Waals surface area contributed by atoms with E-state index in [-0.39, 0.29) is 5.97 Å². The van der Waals surface area contributed by atoms with Crippen molar-refractivity contribution in [2.24, 2.45) is 0 Å². The van der Waals surface area contributed by atoms with Gasteiger partial charge >= 0.3 is 5.97 Å². The molecule has 0 aromatic carbocycles. The molecule has 0 N–H and O–H groups in total. The summed E-state index contributed by atoms with van der Waals surface area (Å²) in [7, 11) is 1.44. The summed E-state index contributed by atoms with van der Waals surface area (Å²) in [5, 5.41) is 0. The molecule has 0 saturated heterocycles. The monoisotopic (exact) mass is 221 g/mol. The second-order valence-electron chi connectivity index (χ2n) is 4.82. The third-order valence-electron chi connectivity index (χ3n) is 3.23. The second kappa shape index (κ2) is 3.96. The fourth-order valence-corrected chi connectivity index (χ4v) is 2.22. The van der Waals surface area contributed by atoms with E-state index in [1.54, 1.807) is 0 Å². The lowest BCUT2D eigenvalue weighted by Crippen LogP contribution is -2.06. The fraction of sp³-hybridized carbons (Fsp3) is 0.615. The molecule has 1 aromatic heterocycles. The number of aromatic nitrogens is 1. The molecular formula is C13H19NO2. The molecule has 0 amide bonds. The summed E-state index contributed by atoms with van der Waals surface area (Å²) in [5.41, 5.74) is 3.02. The zero-order chi connectivity index (χ0) is 11.9. The molecule has 1 aliphatic rings. The van der Waals surface area contributed by atoms with Crippen molar-refractivity contribution in [2.75, 3.05) is 7.11 Å². The first-order valence-corrected chi connectivity index (χ1v) is 5.86. The molecule has 0 unspecified atom stereocenters. The lowest BCUT2D eigenvalue weighted by atomic mass is 10.1.